The fourth-order valence-electron chi connectivity index (χ4n) is 6.81. The first-order valence-corrected chi connectivity index (χ1v) is 18.3. The van der Waals surface area contributed by atoms with Crippen molar-refractivity contribution in [3.8, 4) is 39.4 Å². The first-order valence-electron chi connectivity index (χ1n) is 17.9. The zero-order valence-corrected chi connectivity index (χ0v) is 31.1. The summed E-state index contributed by atoms with van der Waals surface area (Å²) >= 11 is 6.23. The molecule has 2 unspecified atom stereocenters. The Balaban J connectivity index is 0.00000105. The summed E-state index contributed by atoms with van der Waals surface area (Å²) in [6, 6.07) is 40.0. The van der Waals surface area contributed by atoms with Crippen LogP contribution in [0.2, 0.25) is 5.02 Å². The Kier molecular flexibility index (Phi) is 14.1. The van der Waals surface area contributed by atoms with E-state index in [4.69, 9.17) is 22.1 Å². The van der Waals surface area contributed by atoms with Gasteiger partial charge >= 0.3 is 8.68 Å². The van der Waals surface area contributed by atoms with Gasteiger partial charge in [0.1, 0.15) is 12.3 Å². The second-order valence-electron chi connectivity index (χ2n) is 13.1. The Bertz CT molecular complexity index is 1910. The zero-order valence-electron chi connectivity index (χ0n) is 31.3. The normalized spacial score (nSPS) is 15.9. The standard InChI is InChI=1S/C41H44ClN5O2.BF4/c1-44-37-28-46(23-20-36(37)45-41(48)33-26-34(42)35(43)27-40(33)49-2)21-12-13-22-47-38(30-16-8-4-9-17-30)24-32(29-14-6-3-7-15-29)25-39(47)31-18-10-5-11-19-31;2-1(3,4)5/h3-11,14-19,24-27,36-37,44H,12-13,20-23,28H2,1-2H3,(H2-,43,45,48);/q;-1/p+2. The number of hydrogen-bond donors (Lipinski definition) is 3. The van der Waals surface area contributed by atoms with E-state index in [0.29, 0.717) is 22.0 Å². The van der Waals surface area contributed by atoms with Crippen LogP contribution in [0.15, 0.2) is 115 Å². The molecule has 13 heteroatoms. The number of unbranched alkanes of at least 4 members (excludes halogenated alkanes) is 1. The molecule has 1 amide bonds. The predicted octanol–water partition coefficient (Wildman–Crippen LogP) is 8.50. The number of anilines is 1. The average Bonchev–Trinajstić information content (AvgIpc) is 3.18. The molecule has 1 fully saturated rings. The number of methoxy groups -OCH3 is 1. The quantitative estimate of drug-likeness (QED) is 0.0391. The molecule has 284 valence electrons. The minimum atomic E-state index is -6.00. The minimum Gasteiger partial charge on any atom is -0.496 e. The first kappa shape index (κ1) is 40.3. The smallest absolute Gasteiger partial charge is 0.496 e. The van der Waals surface area contributed by atoms with Gasteiger partial charge in [-0.25, -0.2) is 0 Å². The van der Waals surface area contributed by atoms with Crippen molar-refractivity contribution in [3.63, 3.8) is 0 Å². The van der Waals surface area contributed by atoms with Gasteiger partial charge in [0.15, 0.2) is 0 Å². The summed E-state index contributed by atoms with van der Waals surface area (Å²) in [6.07, 6.45) is 2.94. The number of carbonyl (C=O) groups is 1. The third kappa shape index (κ3) is 11.1. The van der Waals surface area contributed by atoms with E-state index in [1.807, 2.05) is 7.05 Å². The van der Waals surface area contributed by atoms with E-state index in [9.17, 15) is 22.1 Å². The van der Waals surface area contributed by atoms with Gasteiger partial charge in [0, 0.05) is 60.9 Å². The van der Waals surface area contributed by atoms with E-state index in [1.54, 1.807) is 12.1 Å². The maximum absolute atomic E-state index is 13.3. The highest BCUT2D eigenvalue weighted by Crippen LogP contribution is 2.31. The third-order valence-corrected chi connectivity index (χ3v) is 9.79. The number of nitrogens with two attached hydrogens (primary N) is 1. The predicted molar refractivity (Wildman–Crippen MR) is 211 cm³/mol. The number of rotatable bonds is 12. The zero-order chi connectivity index (χ0) is 38.7. The van der Waals surface area contributed by atoms with E-state index < -0.39 is 7.25 Å². The number of ether oxygens (including phenoxy) is 1. The number of nitrogens with one attached hydrogen (secondary N) is 2. The van der Waals surface area contributed by atoms with Gasteiger partial charge in [0.05, 0.1) is 23.4 Å². The molecule has 6 rings (SSSR count). The number of carbonyl (C=O) groups excluding carboxylic acids is 1. The van der Waals surface area contributed by atoms with Crippen molar-refractivity contribution in [2.45, 2.75) is 37.9 Å². The largest absolute Gasteiger partial charge is 1.00 e. The van der Waals surface area contributed by atoms with Crippen LogP contribution in [0.5, 0.6) is 5.75 Å². The number of likely N-dealkylation sites (N-methyl/N-ethyl adjacent to an activating group) is 1. The molecule has 54 heavy (non-hydrogen) atoms. The van der Waals surface area contributed by atoms with E-state index in [-0.39, 0.29) is 19.4 Å². The number of pyridine rings is 1. The summed E-state index contributed by atoms with van der Waals surface area (Å²) in [7, 11) is -2.52. The second kappa shape index (κ2) is 18.9. The van der Waals surface area contributed by atoms with Crippen LogP contribution in [0.1, 0.15) is 31.0 Å². The number of hydrogen-bond acceptors (Lipinski definition) is 5. The fraction of sp³-hybridized carbons (Fsp3) is 0.268. The second-order valence-corrected chi connectivity index (χ2v) is 13.5. The highest BCUT2D eigenvalue weighted by Gasteiger charge is 2.30. The minimum absolute atomic E-state index is 0. The monoisotopic (exact) mass is 762 g/mol. The van der Waals surface area contributed by atoms with Gasteiger partial charge in [-0.15, -0.1) is 0 Å². The van der Waals surface area contributed by atoms with Gasteiger partial charge in [0.2, 0.25) is 11.4 Å². The van der Waals surface area contributed by atoms with Crippen LogP contribution in [0.25, 0.3) is 33.6 Å². The summed E-state index contributed by atoms with van der Waals surface area (Å²) in [6.45, 7) is 3.65. The Hall–Kier alpha value is -4.91. The lowest BCUT2D eigenvalue weighted by molar-refractivity contribution is -0.675. The molecule has 1 aliphatic rings. The van der Waals surface area contributed by atoms with Gasteiger partial charge in [-0.3, -0.25) is 4.79 Å². The van der Waals surface area contributed by atoms with Crippen LogP contribution in [-0.4, -0.2) is 63.9 Å². The number of amides is 1. The Morgan fingerprint density at radius 1 is 0.852 bits per heavy atom. The molecule has 2 heterocycles. The number of likely N-dealkylation sites (tertiary alicyclic amines) is 1. The Morgan fingerprint density at radius 3 is 1.91 bits per heavy atom. The van der Waals surface area contributed by atoms with Crippen molar-refractivity contribution >= 4 is 30.4 Å². The van der Waals surface area contributed by atoms with Crippen LogP contribution < -0.4 is 25.7 Å². The van der Waals surface area contributed by atoms with Crippen LogP contribution in [0, 0.1) is 0 Å². The van der Waals surface area contributed by atoms with E-state index >= 15 is 0 Å². The summed E-state index contributed by atoms with van der Waals surface area (Å²) in [5.74, 6) is 0.201. The number of benzene rings is 4. The van der Waals surface area contributed by atoms with Crippen molar-refractivity contribution in [1.29, 1.82) is 0 Å². The van der Waals surface area contributed by atoms with Crippen molar-refractivity contribution in [2.75, 3.05) is 39.5 Å². The van der Waals surface area contributed by atoms with E-state index in [0.717, 1.165) is 45.4 Å². The number of halogens is 5. The van der Waals surface area contributed by atoms with E-state index in [2.05, 4.69) is 123 Å². The lowest BCUT2D eigenvalue weighted by Gasteiger charge is -2.39. The molecule has 4 N–H and O–H groups in total. The molecular weight excluding hydrogens is 717 g/mol. The molecule has 0 aliphatic carbocycles. The van der Waals surface area contributed by atoms with Crippen molar-refractivity contribution < 1.29 is 32.8 Å². The SMILES string of the molecule is CNC1CN(CCCC[n+]2c(-c3ccccc3)cc(-c3ccccc3)cc2-c2ccccc2)CCC1NC(=O)c1cc(Cl)c(N)cc1OC.F[B-](F)(F)F.[H+]. The van der Waals surface area contributed by atoms with Gasteiger partial charge in [-0.1, -0.05) is 78.3 Å². The summed E-state index contributed by atoms with van der Waals surface area (Å²) in [5, 5.41) is 6.99. The highest BCUT2D eigenvalue weighted by atomic mass is 35.5. The van der Waals surface area contributed by atoms with Crippen molar-refractivity contribution in [2.24, 2.45) is 0 Å². The number of aromatic nitrogens is 1. The maximum atomic E-state index is 13.3. The first-order chi connectivity index (χ1) is 25.9. The molecule has 1 aliphatic heterocycles. The summed E-state index contributed by atoms with van der Waals surface area (Å²) < 4.78 is 46.9. The number of piperidine rings is 1. The highest BCUT2D eigenvalue weighted by molar-refractivity contribution is 6.50. The molecular formula is C41H46BClF4N5O2+. The molecule has 0 spiro atoms. The summed E-state index contributed by atoms with van der Waals surface area (Å²) in [5.41, 5.74) is 14.0. The fourth-order valence-corrected chi connectivity index (χ4v) is 6.97. The summed E-state index contributed by atoms with van der Waals surface area (Å²) in [4.78, 5) is 15.8. The molecule has 5 aromatic rings. The van der Waals surface area contributed by atoms with Gasteiger partial charge in [0.25, 0.3) is 5.91 Å². The lowest BCUT2D eigenvalue weighted by atomic mass is 9.98. The topological polar surface area (TPSA) is 83.5 Å². The number of nitrogens with zero attached hydrogens (tertiary/aromatic N) is 2. The van der Waals surface area contributed by atoms with Crippen molar-refractivity contribution in [3.05, 3.63) is 126 Å². The maximum Gasteiger partial charge on any atom is 1.00 e. The van der Waals surface area contributed by atoms with Crippen LogP contribution in [0.4, 0.5) is 23.0 Å². The van der Waals surface area contributed by atoms with Crippen LogP contribution >= 0.6 is 11.6 Å². The van der Waals surface area contributed by atoms with Gasteiger partial charge < -0.3 is 43.3 Å². The third-order valence-electron chi connectivity index (χ3n) is 9.47. The lowest BCUT2D eigenvalue weighted by Crippen LogP contribution is -2.58. The van der Waals surface area contributed by atoms with Crippen LogP contribution in [-0.2, 0) is 6.54 Å². The van der Waals surface area contributed by atoms with Crippen molar-refractivity contribution in [1.82, 2.24) is 15.5 Å². The molecule has 0 bridgehead atoms. The molecule has 7 nitrogen and oxygen atoms in total. The molecule has 0 radical (unpaired) electrons. The van der Waals surface area contributed by atoms with Gasteiger partial charge in [-0.05, 0) is 67.9 Å². The molecule has 2 atom stereocenters. The molecule has 0 saturated carbocycles. The molecule has 1 saturated heterocycles. The molecule has 1 aromatic heterocycles. The molecule has 4 aromatic carbocycles. The van der Waals surface area contributed by atoms with Gasteiger partial charge in [-0.2, -0.15) is 4.57 Å². The van der Waals surface area contributed by atoms with Crippen LogP contribution in [0.3, 0.4) is 0 Å². The number of nitrogen functional groups attached to an aromatic ring is 1. The average molecular weight is 763 g/mol. The Labute approximate surface area is 320 Å². The van der Waals surface area contributed by atoms with E-state index in [1.165, 1.54) is 40.8 Å². The Morgan fingerprint density at radius 2 is 1.39 bits per heavy atom.